The fourth-order valence-corrected chi connectivity index (χ4v) is 2.63. The van der Waals surface area contributed by atoms with E-state index in [9.17, 15) is 9.59 Å². The first kappa shape index (κ1) is 17.1. The summed E-state index contributed by atoms with van der Waals surface area (Å²) in [5.41, 5.74) is 0.951. The van der Waals surface area contributed by atoms with Gasteiger partial charge in [-0.1, -0.05) is 12.1 Å². The van der Waals surface area contributed by atoms with Gasteiger partial charge in [0.1, 0.15) is 5.75 Å². The van der Waals surface area contributed by atoms with Crippen LogP contribution in [-0.4, -0.2) is 49.7 Å². The van der Waals surface area contributed by atoms with Crippen LogP contribution in [0.15, 0.2) is 24.3 Å². The Kier molecular flexibility index (Phi) is 6.26. The van der Waals surface area contributed by atoms with Crippen LogP contribution in [0.25, 0.3) is 0 Å². The number of amides is 2. The smallest absolute Gasteiger partial charge is 0.409 e. The zero-order valence-electron chi connectivity index (χ0n) is 13.7. The van der Waals surface area contributed by atoms with Crippen LogP contribution < -0.4 is 10.1 Å². The molecule has 6 heteroatoms. The molecule has 0 spiro atoms. The Hall–Kier alpha value is -2.24. The normalized spacial score (nSPS) is 15.1. The van der Waals surface area contributed by atoms with Gasteiger partial charge in [-0.2, -0.15) is 0 Å². The molecular weight excluding hydrogens is 296 g/mol. The van der Waals surface area contributed by atoms with Gasteiger partial charge < -0.3 is 19.7 Å². The van der Waals surface area contributed by atoms with Crippen molar-refractivity contribution in [3.8, 4) is 5.75 Å². The largest absolute Gasteiger partial charge is 0.497 e. The molecular formula is C17H24N2O4. The van der Waals surface area contributed by atoms with Crippen molar-refractivity contribution < 1.29 is 19.1 Å². The summed E-state index contributed by atoms with van der Waals surface area (Å²) in [4.78, 5) is 25.4. The number of carbonyl (C=O) groups excluding carboxylic acids is 2. The lowest BCUT2D eigenvalue weighted by atomic mass is 10.0. The van der Waals surface area contributed by atoms with Crippen molar-refractivity contribution >= 4 is 12.0 Å². The van der Waals surface area contributed by atoms with E-state index in [2.05, 4.69) is 5.32 Å². The van der Waals surface area contributed by atoms with E-state index < -0.39 is 0 Å². The highest BCUT2D eigenvalue weighted by atomic mass is 16.6. The van der Waals surface area contributed by atoms with E-state index in [1.54, 1.807) is 18.9 Å². The maximum atomic E-state index is 12.1. The summed E-state index contributed by atoms with van der Waals surface area (Å²) in [5, 5.41) is 3.04. The summed E-state index contributed by atoms with van der Waals surface area (Å²) in [6.45, 7) is 3.42. The number of nitrogens with zero attached hydrogens (tertiary/aromatic N) is 1. The van der Waals surface area contributed by atoms with Crippen LogP contribution in [0.3, 0.4) is 0 Å². The van der Waals surface area contributed by atoms with Crippen LogP contribution in [0.2, 0.25) is 0 Å². The average molecular weight is 320 g/mol. The molecule has 0 bridgehead atoms. The third kappa shape index (κ3) is 5.16. The van der Waals surface area contributed by atoms with Crippen molar-refractivity contribution in [2.45, 2.75) is 32.2 Å². The molecule has 126 valence electrons. The Morgan fingerprint density at radius 3 is 2.43 bits per heavy atom. The van der Waals surface area contributed by atoms with Crippen LogP contribution in [0.5, 0.6) is 5.75 Å². The van der Waals surface area contributed by atoms with Crippen molar-refractivity contribution in [1.29, 1.82) is 0 Å². The van der Waals surface area contributed by atoms with Gasteiger partial charge in [0, 0.05) is 19.1 Å². The first-order chi connectivity index (χ1) is 11.1. The topological polar surface area (TPSA) is 67.9 Å². The van der Waals surface area contributed by atoms with Crippen LogP contribution >= 0.6 is 0 Å². The maximum Gasteiger partial charge on any atom is 0.409 e. The zero-order valence-corrected chi connectivity index (χ0v) is 13.7. The Morgan fingerprint density at radius 2 is 1.87 bits per heavy atom. The fourth-order valence-electron chi connectivity index (χ4n) is 2.63. The third-order valence-corrected chi connectivity index (χ3v) is 3.91. The predicted molar refractivity (Wildman–Crippen MR) is 86.5 cm³/mol. The van der Waals surface area contributed by atoms with Crippen molar-refractivity contribution in [1.82, 2.24) is 10.2 Å². The van der Waals surface area contributed by atoms with E-state index in [4.69, 9.17) is 9.47 Å². The number of nitrogens with one attached hydrogen (secondary N) is 1. The Morgan fingerprint density at radius 1 is 1.22 bits per heavy atom. The minimum Gasteiger partial charge on any atom is -0.497 e. The quantitative estimate of drug-likeness (QED) is 0.901. The Balaban J connectivity index is 1.75. The number of rotatable bonds is 5. The molecule has 2 rings (SSSR count). The van der Waals surface area contributed by atoms with Gasteiger partial charge in [0.25, 0.3) is 0 Å². The molecule has 0 unspecified atom stereocenters. The van der Waals surface area contributed by atoms with Crippen molar-refractivity contribution in [2.75, 3.05) is 26.8 Å². The Bertz CT molecular complexity index is 522. The summed E-state index contributed by atoms with van der Waals surface area (Å²) >= 11 is 0. The molecule has 1 saturated heterocycles. The molecule has 1 aliphatic heterocycles. The average Bonchev–Trinajstić information content (AvgIpc) is 2.56. The van der Waals surface area contributed by atoms with Gasteiger partial charge in [-0.25, -0.2) is 4.79 Å². The number of benzene rings is 1. The lowest BCUT2D eigenvalue weighted by molar-refractivity contribution is -0.121. The monoisotopic (exact) mass is 320 g/mol. The van der Waals surface area contributed by atoms with E-state index in [0.717, 1.165) is 24.2 Å². The van der Waals surface area contributed by atoms with E-state index in [-0.39, 0.29) is 18.0 Å². The number of methoxy groups -OCH3 is 1. The second kappa shape index (κ2) is 8.41. The predicted octanol–water partition coefficient (Wildman–Crippen LogP) is 1.97. The summed E-state index contributed by atoms with van der Waals surface area (Å²) in [5.74, 6) is 0.783. The van der Waals surface area contributed by atoms with Gasteiger partial charge in [0.15, 0.2) is 0 Å². The number of hydrogen-bond donors (Lipinski definition) is 1. The number of piperidine rings is 1. The highest BCUT2D eigenvalue weighted by molar-refractivity contribution is 5.79. The molecule has 1 aromatic carbocycles. The Labute approximate surface area is 136 Å². The first-order valence-corrected chi connectivity index (χ1v) is 7.96. The van der Waals surface area contributed by atoms with Crippen LogP contribution in [0, 0.1) is 0 Å². The van der Waals surface area contributed by atoms with Crippen LogP contribution in [-0.2, 0) is 16.0 Å². The molecule has 1 fully saturated rings. The zero-order chi connectivity index (χ0) is 16.7. The standard InChI is InChI=1S/C17H24N2O4/c1-3-23-17(21)19-10-8-14(9-11-19)18-16(20)12-13-4-6-15(22-2)7-5-13/h4-7,14H,3,8-12H2,1-2H3,(H,18,20). The molecule has 6 nitrogen and oxygen atoms in total. The van der Waals surface area contributed by atoms with Gasteiger partial charge in [0.05, 0.1) is 20.1 Å². The van der Waals surface area contributed by atoms with E-state index >= 15 is 0 Å². The van der Waals surface area contributed by atoms with Crippen molar-refractivity contribution in [3.63, 3.8) is 0 Å². The molecule has 0 aliphatic carbocycles. The fraction of sp³-hybridized carbons (Fsp3) is 0.529. The number of ether oxygens (including phenoxy) is 2. The van der Waals surface area contributed by atoms with Gasteiger partial charge in [-0.15, -0.1) is 0 Å². The van der Waals surface area contributed by atoms with E-state index in [1.807, 2.05) is 24.3 Å². The number of carbonyl (C=O) groups is 2. The van der Waals surface area contributed by atoms with Crippen molar-refractivity contribution in [2.24, 2.45) is 0 Å². The van der Waals surface area contributed by atoms with Crippen molar-refractivity contribution in [3.05, 3.63) is 29.8 Å². The van der Waals surface area contributed by atoms with Crippen LogP contribution in [0.4, 0.5) is 4.79 Å². The second-order valence-electron chi connectivity index (χ2n) is 5.55. The number of hydrogen-bond acceptors (Lipinski definition) is 4. The van der Waals surface area contributed by atoms with Crippen LogP contribution in [0.1, 0.15) is 25.3 Å². The lowest BCUT2D eigenvalue weighted by Gasteiger charge is -2.31. The molecule has 0 atom stereocenters. The molecule has 0 saturated carbocycles. The maximum absolute atomic E-state index is 12.1. The molecule has 1 aromatic rings. The highest BCUT2D eigenvalue weighted by Gasteiger charge is 2.24. The minimum absolute atomic E-state index is 0.00440. The third-order valence-electron chi connectivity index (χ3n) is 3.91. The van der Waals surface area contributed by atoms with Gasteiger partial charge in [0.2, 0.25) is 5.91 Å². The van der Waals surface area contributed by atoms with Gasteiger partial charge in [-0.3, -0.25) is 4.79 Å². The first-order valence-electron chi connectivity index (χ1n) is 7.96. The molecule has 1 N–H and O–H groups in total. The van der Waals surface area contributed by atoms with E-state index in [0.29, 0.717) is 26.1 Å². The second-order valence-corrected chi connectivity index (χ2v) is 5.55. The van der Waals surface area contributed by atoms with E-state index in [1.165, 1.54) is 0 Å². The molecule has 0 aromatic heterocycles. The molecule has 1 aliphatic rings. The number of likely N-dealkylation sites (tertiary alicyclic amines) is 1. The van der Waals surface area contributed by atoms with Gasteiger partial charge >= 0.3 is 6.09 Å². The summed E-state index contributed by atoms with van der Waals surface area (Å²) < 4.78 is 10.1. The minimum atomic E-state index is -0.268. The molecule has 23 heavy (non-hydrogen) atoms. The highest BCUT2D eigenvalue weighted by Crippen LogP contribution is 2.14. The molecule has 1 heterocycles. The lowest BCUT2D eigenvalue weighted by Crippen LogP contribution is -2.47. The van der Waals surface area contributed by atoms with Gasteiger partial charge in [-0.05, 0) is 37.5 Å². The molecule has 2 amide bonds. The summed E-state index contributed by atoms with van der Waals surface area (Å²) in [6.07, 6.45) is 1.60. The SMILES string of the molecule is CCOC(=O)N1CCC(NC(=O)Cc2ccc(OC)cc2)CC1. The summed E-state index contributed by atoms with van der Waals surface area (Å²) in [6, 6.07) is 7.59. The summed E-state index contributed by atoms with van der Waals surface area (Å²) in [7, 11) is 1.62. The molecule has 0 radical (unpaired) electrons.